The number of nitriles is 1. The summed E-state index contributed by atoms with van der Waals surface area (Å²) in [4.78, 5) is 13.8. The van der Waals surface area contributed by atoms with Gasteiger partial charge in [-0.15, -0.1) is 0 Å². The van der Waals surface area contributed by atoms with Crippen LogP contribution in [0.25, 0.3) is 0 Å². The minimum Gasteiger partial charge on any atom is -0.496 e. The molecule has 1 fully saturated rings. The van der Waals surface area contributed by atoms with Gasteiger partial charge >= 0.3 is 0 Å². The van der Waals surface area contributed by atoms with Crippen molar-refractivity contribution in [1.82, 2.24) is 4.90 Å². The zero-order chi connectivity index (χ0) is 14.5. The first-order valence-corrected chi connectivity index (χ1v) is 6.60. The summed E-state index contributed by atoms with van der Waals surface area (Å²) in [6, 6.07) is 8.73. The topological polar surface area (TPSA) is 62.6 Å². The van der Waals surface area contributed by atoms with Gasteiger partial charge in [-0.25, -0.2) is 0 Å². The third-order valence-electron chi connectivity index (χ3n) is 3.50. The normalized spacial score (nSPS) is 19.1. The van der Waals surface area contributed by atoms with Crippen molar-refractivity contribution in [3.05, 3.63) is 29.8 Å². The minimum atomic E-state index is -0.678. The van der Waals surface area contributed by atoms with E-state index in [1.54, 1.807) is 26.3 Å². The number of hydrogen-bond donors (Lipinski definition) is 0. The van der Waals surface area contributed by atoms with E-state index in [9.17, 15) is 10.1 Å². The number of amides is 1. The van der Waals surface area contributed by atoms with Crippen molar-refractivity contribution in [3.63, 3.8) is 0 Å². The van der Waals surface area contributed by atoms with Crippen LogP contribution in [0.15, 0.2) is 24.3 Å². The molecule has 5 nitrogen and oxygen atoms in total. The number of likely N-dealkylation sites (N-methyl/N-ethyl adjacent to an activating group) is 1. The van der Waals surface area contributed by atoms with Crippen LogP contribution in [0.1, 0.15) is 24.4 Å². The van der Waals surface area contributed by atoms with Crippen molar-refractivity contribution >= 4 is 5.91 Å². The molecule has 1 aliphatic heterocycles. The van der Waals surface area contributed by atoms with Crippen LogP contribution in [-0.2, 0) is 9.53 Å². The Morgan fingerprint density at radius 1 is 1.55 bits per heavy atom. The SMILES string of the molecule is COc1ccccc1C(C#N)N(C)C(=O)C1CCCO1. The van der Waals surface area contributed by atoms with Crippen LogP contribution in [0.5, 0.6) is 5.75 Å². The maximum absolute atomic E-state index is 12.3. The van der Waals surface area contributed by atoms with Crippen LogP contribution < -0.4 is 4.74 Å². The Balaban J connectivity index is 2.23. The minimum absolute atomic E-state index is 0.153. The molecule has 0 spiro atoms. The van der Waals surface area contributed by atoms with Crippen LogP contribution >= 0.6 is 0 Å². The Labute approximate surface area is 118 Å². The van der Waals surface area contributed by atoms with Crippen molar-refractivity contribution in [2.45, 2.75) is 25.0 Å². The lowest BCUT2D eigenvalue weighted by molar-refractivity contribution is -0.140. The highest BCUT2D eigenvalue weighted by atomic mass is 16.5. The molecule has 0 bridgehead atoms. The van der Waals surface area contributed by atoms with Crippen LogP contribution in [0.4, 0.5) is 0 Å². The third-order valence-corrected chi connectivity index (χ3v) is 3.50. The second kappa shape index (κ2) is 6.40. The molecule has 0 aliphatic carbocycles. The van der Waals surface area contributed by atoms with Gasteiger partial charge in [0.25, 0.3) is 5.91 Å². The Morgan fingerprint density at radius 2 is 2.30 bits per heavy atom. The fourth-order valence-electron chi connectivity index (χ4n) is 2.38. The molecule has 2 rings (SSSR count). The number of hydrogen-bond acceptors (Lipinski definition) is 4. The van der Waals surface area contributed by atoms with Gasteiger partial charge in [-0.05, 0) is 18.9 Å². The molecule has 1 amide bonds. The Hall–Kier alpha value is -2.06. The molecule has 1 aliphatic rings. The zero-order valence-electron chi connectivity index (χ0n) is 11.7. The van der Waals surface area contributed by atoms with E-state index >= 15 is 0 Å². The number of ether oxygens (including phenoxy) is 2. The number of nitrogens with zero attached hydrogens (tertiary/aromatic N) is 2. The van der Waals surface area contributed by atoms with Crippen molar-refractivity contribution in [1.29, 1.82) is 5.26 Å². The molecular formula is C15H18N2O3. The van der Waals surface area contributed by atoms with Gasteiger partial charge in [0.15, 0.2) is 0 Å². The van der Waals surface area contributed by atoms with E-state index in [-0.39, 0.29) is 5.91 Å². The molecule has 0 aromatic heterocycles. The van der Waals surface area contributed by atoms with Gasteiger partial charge in [0.05, 0.1) is 13.2 Å². The lowest BCUT2D eigenvalue weighted by Crippen LogP contribution is -2.38. The summed E-state index contributed by atoms with van der Waals surface area (Å²) >= 11 is 0. The van der Waals surface area contributed by atoms with Gasteiger partial charge in [-0.1, -0.05) is 18.2 Å². The summed E-state index contributed by atoms with van der Waals surface area (Å²) in [6.45, 7) is 0.607. The van der Waals surface area contributed by atoms with Crippen molar-refractivity contribution in [2.24, 2.45) is 0 Å². The second-order valence-corrected chi connectivity index (χ2v) is 4.72. The van der Waals surface area contributed by atoms with E-state index < -0.39 is 12.1 Å². The van der Waals surface area contributed by atoms with Crippen molar-refractivity contribution in [2.75, 3.05) is 20.8 Å². The molecule has 20 heavy (non-hydrogen) atoms. The summed E-state index contributed by atoms with van der Waals surface area (Å²) in [5, 5.41) is 9.42. The van der Waals surface area contributed by atoms with Gasteiger partial charge in [-0.2, -0.15) is 5.26 Å². The molecule has 0 N–H and O–H groups in total. The van der Waals surface area contributed by atoms with Crippen LogP contribution in [0.3, 0.4) is 0 Å². The van der Waals surface area contributed by atoms with E-state index in [1.807, 2.05) is 12.1 Å². The Morgan fingerprint density at radius 3 is 2.90 bits per heavy atom. The quantitative estimate of drug-likeness (QED) is 0.841. The molecule has 0 radical (unpaired) electrons. The Kier molecular flexibility index (Phi) is 4.59. The fraction of sp³-hybridized carbons (Fsp3) is 0.467. The highest BCUT2D eigenvalue weighted by molar-refractivity contribution is 5.81. The lowest BCUT2D eigenvalue weighted by Gasteiger charge is -2.26. The number of benzene rings is 1. The highest BCUT2D eigenvalue weighted by Gasteiger charge is 2.31. The van der Waals surface area contributed by atoms with Gasteiger partial charge in [0.2, 0.25) is 0 Å². The molecule has 0 saturated carbocycles. The summed E-state index contributed by atoms with van der Waals surface area (Å²) in [5.74, 6) is 0.450. The monoisotopic (exact) mass is 274 g/mol. The van der Waals surface area contributed by atoms with Crippen LogP contribution in [0, 0.1) is 11.3 Å². The fourth-order valence-corrected chi connectivity index (χ4v) is 2.38. The molecule has 106 valence electrons. The Bertz CT molecular complexity index is 518. The van der Waals surface area contributed by atoms with E-state index in [2.05, 4.69) is 6.07 Å². The zero-order valence-corrected chi connectivity index (χ0v) is 11.7. The summed E-state index contributed by atoms with van der Waals surface area (Å²) in [7, 11) is 3.18. The average Bonchev–Trinajstić information content (AvgIpc) is 3.01. The number of rotatable bonds is 4. The largest absolute Gasteiger partial charge is 0.496 e. The van der Waals surface area contributed by atoms with Crippen molar-refractivity contribution < 1.29 is 14.3 Å². The molecule has 2 unspecified atom stereocenters. The first-order chi connectivity index (χ1) is 9.69. The number of methoxy groups -OCH3 is 1. The maximum atomic E-state index is 12.3. The van der Waals surface area contributed by atoms with Crippen LogP contribution in [0.2, 0.25) is 0 Å². The molecule has 1 aromatic carbocycles. The van der Waals surface area contributed by atoms with Gasteiger partial charge in [0, 0.05) is 19.2 Å². The van der Waals surface area contributed by atoms with E-state index in [0.29, 0.717) is 24.3 Å². The number of carbonyl (C=O) groups is 1. The number of carbonyl (C=O) groups excluding carboxylic acids is 1. The third kappa shape index (κ3) is 2.75. The maximum Gasteiger partial charge on any atom is 0.252 e. The molecule has 2 atom stereocenters. The van der Waals surface area contributed by atoms with Gasteiger partial charge in [-0.3, -0.25) is 4.79 Å². The number of para-hydroxylation sites is 1. The first-order valence-electron chi connectivity index (χ1n) is 6.60. The van der Waals surface area contributed by atoms with Crippen molar-refractivity contribution in [3.8, 4) is 11.8 Å². The molecule has 1 aromatic rings. The smallest absolute Gasteiger partial charge is 0.252 e. The standard InChI is InChI=1S/C15H18N2O3/c1-17(15(18)14-8-5-9-20-14)12(10-16)11-6-3-4-7-13(11)19-2/h3-4,6-7,12,14H,5,8-9H2,1-2H3. The van der Waals surface area contributed by atoms with Gasteiger partial charge < -0.3 is 14.4 Å². The second-order valence-electron chi connectivity index (χ2n) is 4.72. The predicted octanol–water partition coefficient (Wildman–Crippen LogP) is 1.90. The first kappa shape index (κ1) is 14.4. The molecule has 1 heterocycles. The molecule has 1 saturated heterocycles. The van der Waals surface area contributed by atoms with E-state index in [0.717, 1.165) is 6.42 Å². The van der Waals surface area contributed by atoms with E-state index in [4.69, 9.17) is 9.47 Å². The highest BCUT2D eigenvalue weighted by Crippen LogP contribution is 2.29. The van der Waals surface area contributed by atoms with Gasteiger partial charge in [0.1, 0.15) is 17.9 Å². The summed E-state index contributed by atoms with van der Waals surface area (Å²) in [6.07, 6.45) is 1.18. The molecular weight excluding hydrogens is 256 g/mol. The predicted molar refractivity (Wildman–Crippen MR) is 73.1 cm³/mol. The average molecular weight is 274 g/mol. The lowest BCUT2D eigenvalue weighted by atomic mass is 10.0. The van der Waals surface area contributed by atoms with Crippen LogP contribution in [-0.4, -0.2) is 37.7 Å². The molecule has 5 heteroatoms. The van der Waals surface area contributed by atoms with E-state index in [1.165, 1.54) is 4.90 Å². The summed E-state index contributed by atoms with van der Waals surface area (Å²) < 4.78 is 10.7. The summed E-state index contributed by atoms with van der Waals surface area (Å²) in [5.41, 5.74) is 0.686.